The third kappa shape index (κ3) is 1.73. The van der Waals surface area contributed by atoms with Crippen LogP contribution in [0.5, 0.6) is 0 Å². The molecule has 0 saturated carbocycles. The molecule has 0 bridgehead atoms. The lowest BCUT2D eigenvalue weighted by Crippen LogP contribution is -2.03. The summed E-state index contributed by atoms with van der Waals surface area (Å²) in [4.78, 5) is 2.88. The van der Waals surface area contributed by atoms with E-state index in [-0.39, 0.29) is 0 Å². The van der Waals surface area contributed by atoms with Crippen LogP contribution in [0.4, 0.5) is 0 Å². The van der Waals surface area contributed by atoms with Crippen molar-refractivity contribution in [2.45, 2.75) is 6.54 Å². The number of aromatic amines is 1. The Bertz CT molecular complexity index is 183. The Morgan fingerprint density at radius 2 is 2.56 bits per heavy atom. The quantitative estimate of drug-likeness (QED) is 0.645. The number of H-pyrrole nitrogens is 1. The van der Waals surface area contributed by atoms with E-state index in [0.29, 0.717) is 5.15 Å². The Morgan fingerprint density at radius 3 is 3.00 bits per heavy atom. The summed E-state index contributed by atoms with van der Waals surface area (Å²) in [6, 6.07) is 1.90. The predicted octanol–water partition coefficient (Wildman–Crippen LogP) is 1.39. The first kappa shape index (κ1) is 6.65. The molecule has 0 aliphatic carbocycles. The zero-order valence-electron chi connectivity index (χ0n) is 5.24. The van der Waals surface area contributed by atoms with Crippen LogP contribution in [0, 0.1) is 0 Å². The molecule has 9 heavy (non-hydrogen) atoms. The first-order chi connectivity index (χ1) is 4.33. The van der Waals surface area contributed by atoms with E-state index in [1.54, 1.807) is 0 Å². The molecule has 0 aliphatic heterocycles. The van der Waals surface area contributed by atoms with Gasteiger partial charge in [-0.1, -0.05) is 11.6 Å². The number of rotatable bonds is 2. The van der Waals surface area contributed by atoms with Crippen molar-refractivity contribution in [2.75, 3.05) is 7.05 Å². The van der Waals surface area contributed by atoms with Crippen LogP contribution in [0.15, 0.2) is 12.3 Å². The average molecular weight is 145 g/mol. The number of hydrogen-bond acceptors (Lipinski definition) is 1. The highest BCUT2D eigenvalue weighted by atomic mass is 35.5. The van der Waals surface area contributed by atoms with Gasteiger partial charge in [0.15, 0.2) is 0 Å². The van der Waals surface area contributed by atoms with Crippen molar-refractivity contribution in [2.24, 2.45) is 0 Å². The van der Waals surface area contributed by atoms with Gasteiger partial charge in [0.1, 0.15) is 5.15 Å². The largest absolute Gasteiger partial charge is 0.352 e. The van der Waals surface area contributed by atoms with Crippen LogP contribution < -0.4 is 5.32 Å². The van der Waals surface area contributed by atoms with Crippen LogP contribution >= 0.6 is 11.6 Å². The standard InChI is InChI=1S/C6H9ClN2/c1-8-3-5-2-6(7)9-4-5/h2,4,8-9H,3H2,1H3. The molecule has 1 aromatic rings. The molecule has 1 aromatic heterocycles. The van der Waals surface area contributed by atoms with Crippen LogP contribution in [0.3, 0.4) is 0 Å². The van der Waals surface area contributed by atoms with E-state index < -0.39 is 0 Å². The minimum Gasteiger partial charge on any atom is -0.352 e. The van der Waals surface area contributed by atoms with Gasteiger partial charge in [-0.2, -0.15) is 0 Å². The SMILES string of the molecule is CNCc1c[nH]c(Cl)c1. The summed E-state index contributed by atoms with van der Waals surface area (Å²) in [6.45, 7) is 0.864. The fraction of sp³-hybridized carbons (Fsp3) is 0.333. The molecule has 1 rings (SSSR count). The Kier molecular flexibility index (Phi) is 2.14. The highest BCUT2D eigenvalue weighted by molar-refractivity contribution is 6.29. The van der Waals surface area contributed by atoms with Crippen molar-refractivity contribution < 1.29 is 0 Å². The fourth-order valence-corrected chi connectivity index (χ4v) is 0.909. The lowest BCUT2D eigenvalue weighted by molar-refractivity contribution is 0.819. The van der Waals surface area contributed by atoms with E-state index in [1.165, 1.54) is 5.56 Å². The molecule has 2 nitrogen and oxygen atoms in total. The molecular formula is C6H9ClN2. The van der Waals surface area contributed by atoms with Gasteiger partial charge in [-0.15, -0.1) is 0 Å². The molecule has 3 heteroatoms. The molecule has 0 spiro atoms. The third-order valence-electron chi connectivity index (χ3n) is 1.09. The summed E-state index contributed by atoms with van der Waals surface area (Å²) in [6.07, 6.45) is 1.89. The second-order valence-electron chi connectivity index (χ2n) is 1.89. The number of aromatic nitrogens is 1. The highest BCUT2D eigenvalue weighted by Gasteiger charge is 1.92. The van der Waals surface area contributed by atoms with E-state index in [9.17, 15) is 0 Å². The highest BCUT2D eigenvalue weighted by Crippen LogP contribution is 2.07. The molecule has 0 aromatic carbocycles. The molecule has 0 amide bonds. The van der Waals surface area contributed by atoms with Gasteiger partial charge >= 0.3 is 0 Å². The first-order valence-electron chi connectivity index (χ1n) is 2.80. The van der Waals surface area contributed by atoms with Gasteiger partial charge < -0.3 is 10.3 Å². The average Bonchev–Trinajstić information content (AvgIpc) is 2.17. The second kappa shape index (κ2) is 2.90. The van der Waals surface area contributed by atoms with E-state index in [4.69, 9.17) is 11.6 Å². The Hall–Kier alpha value is -0.470. The zero-order chi connectivity index (χ0) is 6.69. The smallest absolute Gasteiger partial charge is 0.106 e. The van der Waals surface area contributed by atoms with Gasteiger partial charge in [-0.05, 0) is 18.7 Å². The van der Waals surface area contributed by atoms with E-state index in [2.05, 4.69) is 10.3 Å². The van der Waals surface area contributed by atoms with Gasteiger partial charge in [0, 0.05) is 12.7 Å². The molecule has 0 radical (unpaired) electrons. The summed E-state index contributed by atoms with van der Waals surface area (Å²) in [7, 11) is 1.90. The third-order valence-corrected chi connectivity index (χ3v) is 1.31. The Morgan fingerprint density at radius 1 is 1.78 bits per heavy atom. The predicted molar refractivity (Wildman–Crippen MR) is 38.6 cm³/mol. The minimum absolute atomic E-state index is 0.695. The minimum atomic E-state index is 0.695. The summed E-state index contributed by atoms with van der Waals surface area (Å²) in [5.74, 6) is 0. The van der Waals surface area contributed by atoms with Crippen LogP contribution in [0.1, 0.15) is 5.56 Å². The number of hydrogen-bond donors (Lipinski definition) is 2. The normalized spacial score (nSPS) is 10.0. The summed E-state index contributed by atoms with van der Waals surface area (Å²) in [5, 5.41) is 3.71. The summed E-state index contributed by atoms with van der Waals surface area (Å²) >= 11 is 5.61. The molecular weight excluding hydrogens is 136 g/mol. The van der Waals surface area contributed by atoms with Gasteiger partial charge in [0.05, 0.1) is 0 Å². The van der Waals surface area contributed by atoms with Crippen LogP contribution in [-0.2, 0) is 6.54 Å². The van der Waals surface area contributed by atoms with Crippen LogP contribution in [0.25, 0.3) is 0 Å². The van der Waals surface area contributed by atoms with Crippen molar-refractivity contribution in [3.63, 3.8) is 0 Å². The monoisotopic (exact) mass is 144 g/mol. The maximum absolute atomic E-state index is 5.61. The molecule has 0 aliphatic rings. The molecule has 0 atom stereocenters. The Labute approximate surface area is 59.2 Å². The van der Waals surface area contributed by atoms with E-state index in [1.807, 2.05) is 19.3 Å². The van der Waals surface area contributed by atoms with Crippen molar-refractivity contribution in [1.29, 1.82) is 0 Å². The maximum Gasteiger partial charge on any atom is 0.106 e. The van der Waals surface area contributed by atoms with Crippen molar-refractivity contribution in [3.8, 4) is 0 Å². The molecule has 0 saturated heterocycles. The number of nitrogens with one attached hydrogen (secondary N) is 2. The molecule has 50 valence electrons. The van der Waals surface area contributed by atoms with E-state index >= 15 is 0 Å². The van der Waals surface area contributed by atoms with Crippen molar-refractivity contribution >= 4 is 11.6 Å². The van der Waals surface area contributed by atoms with Crippen LogP contribution in [0.2, 0.25) is 5.15 Å². The first-order valence-corrected chi connectivity index (χ1v) is 3.18. The molecule has 0 fully saturated rings. The van der Waals surface area contributed by atoms with Gasteiger partial charge in [-0.3, -0.25) is 0 Å². The fourth-order valence-electron chi connectivity index (χ4n) is 0.714. The zero-order valence-corrected chi connectivity index (χ0v) is 6.00. The van der Waals surface area contributed by atoms with Crippen molar-refractivity contribution in [3.05, 3.63) is 23.0 Å². The lowest BCUT2D eigenvalue weighted by Gasteiger charge is -1.89. The molecule has 2 N–H and O–H groups in total. The summed E-state index contributed by atoms with van der Waals surface area (Å²) < 4.78 is 0. The van der Waals surface area contributed by atoms with Gasteiger partial charge in [-0.25, -0.2) is 0 Å². The van der Waals surface area contributed by atoms with Gasteiger partial charge in [0.2, 0.25) is 0 Å². The van der Waals surface area contributed by atoms with E-state index in [0.717, 1.165) is 6.54 Å². The second-order valence-corrected chi connectivity index (χ2v) is 2.29. The Balaban J connectivity index is 2.61. The molecule has 1 heterocycles. The maximum atomic E-state index is 5.61. The molecule has 0 unspecified atom stereocenters. The summed E-state index contributed by atoms with van der Waals surface area (Å²) in [5.41, 5.74) is 1.18. The topological polar surface area (TPSA) is 27.8 Å². The lowest BCUT2D eigenvalue weighted by atomic mass is 10.3. The van der Waals surface area contributed by atoms with Crippen LogP contribution in [-0.4, -0.2) is 12.0 Å². The van der Waals surface area contributed by atoms with Gasteiger partial charge in [0.25, 0.3) is 0 Å². The van der Waals surface area contributed by atoms with Crippen molar-refractivity contribution in [1.82, 2.24) is 10.3 Å². The number of halogens is 1.